The van der Waals surface area contributed by atoms with Crippen molar-refractivity contribution in [3.63, 3.8) is 0 Å². The van der Waals surface area contributed by atoms with Crippen LogP contribution in [0.1, 0.15) is 36.2 Å². The molecule has 0 radical (unpaired) electrons. The normalized spacial score (nSPS) is 15.2. The highest BCUT2D eigenvalue weighted by molar-refractivity contribution is 6.11. The lowest BCUT2D eigenvalue weighted by molar-refractivity contribution is -0.152. The van der Waals surface area contributed by atoms with Crippen LogP contribution in [-0.2, 0) is 35.1 Å². The molecule has 1 N–H and O–H groups in total. The number of hydrogen-bond acceptors (Lipinski definition) is 7. The summed E-state index contributed by atoms with van der Waals surface area (Å²) in [5, 5.41) is 2.47. The fourth-order valence-electron chi connectivity index (χ4n) is 2.89. The Labute approximate surface area is 168 Å². The molecule has 2 rings (SSSR count). The number of hydrogen-bond donors (Lipinski definition) is 1. The molecule has 0 bridgehead atoms. The van der Waals surface area contributed by atoms with Crippen LogP contribution in [-0.4, -0.2) is 60.9 Å². The summed E-state index contributed by atoms with van der Waals surface area (Å²) in [6.45, 7) is 2.40. The highest BCUT2D eigenvalue weighted by Crippen LogP contribution is 2.19. The van der Waals surface area contributed by atoms with E-state index in [0.29, 0.717) is 17.5 Å². The van der Waals surface area contributed by atoms with E-state index in [2.05, 4.69) is 10.1 Å². The highest BCUT2D eigenvalue weighted by Gasteiger charge is 2.33. The molecule has 0 aromatic heterocycles. The van der Waals surface area contributed by atoms with Crippen molar-refractivity contribution in [3.8, 4) is 0 Å². The highest BCUT2D eigenvalue weighted by atomic mass is 16.5. The average molecular weight is 404 g/mol. The molecule has 0 spiro atoms. The van der Waals surface area contributed by atoms with Gasteiger partial charge in [0.15, 0.2) is 6.61 Å². The summed E-state index contributed by atoms with van der Waals surface area (Å²) in [5.74, 6) is -3.46. The minimum Gasteiger partial charge on any atom is -0.467 e. The van der Waals surface area contributed by atoms with E-state index in [4.69, 9.17) is 4.74 Å². The number of carbonyl (C=O) groups excluding carboxylic acids is 5. The van der Waals surface area contributed by atoms with Gasteiger partial charge in [0.1, 0.15) is 12.6 Å². The van der Waals surface area contributed by atoms with Gasteiger partial charge in [0.2, 0.25) is 5.91 Å². The number of nitrogens with zero attached hydrogens (tertiary/aromatic N) is 1. The SMILES string of the molecule is CC[C@@H](C)[C@@H](NC(=O)COC(=O)CN1C(=O)Cc2ccccc2C1=O)C(=O)OC. The standard InChI is InChI=1S/C20H24N2O7/c1-4-12(2)18(20(27)28-3)21-15(23)11-29-17(25)10-22-16(24)9-13-7-5-6-8-14(13)19(22)26/h5-8,12,18H,4,9-11H2,1-3H3,(H,21,23)/t12-,18-/m1/s1. The smallest absolute Gasteiger partial charge is 0.328 e. The number of esters is 2. The van der Waals surface area contributed by atoms with Crippen molar-refractivity contribution in [2.75, 3.05) is 20.3 Å². The molecule has 0 fully saturated rings. The minimum absolute atomic E-state index is 0.00535. The van der Waals surface area contributed by atoms with E-state index < -0.39 is 48.9 Å². The summed E-state index contributed by atoms with van der Waals surface area (Å²) in [6, 6.07) is 5.79. The molecule has 1 aliphatic heterocycles. The molecule has 2 atom stereocenters. The Bertz CT molecular complexity index is 821. The number of benzene rings is 1. The number of fused-ring (bicyclic) bond motifs is 1. The number of methoxy groups -OCH3 is 1. The van der Waals surface area contributed by atoms with Crippen LogP contribution < -0.4 is 5.32 Å². The molecular formula is C20H24N2O7. The molecule has 1 aliphatic rings. The Hall–Kier alpha value is -3.23. The van der Waals surface area contributed by atoms with Gasteiger partial charge in [-0.2, -0.15) is 0 Å². The summed E-state index contributed by atoms with van der Waals surface area (Å²) in [6.07, 6.45) is 0.631. The molecule has 0 unspecified atom stereocenters. The van der Waals surface area contributed by atoms with Crippen molar-refractivity contribution >= 4 is 29.7 Å². The molecule has 0 aliphatic carbocycles. The summed E-state index contributed by atoms with van der Waals surface area (Å²) in [7, 11) is 1.22. The largest absolute Gasteiger partial charge is 0.467 e. The van der Waals surface area contributed by atoms with Crippen LogP contribution in [0, 0.1) is 5.92 Å². The van der Waals surface area contributed by atoms with E-state index in [1.807, 2.05) is 6.92 Å². The van der Waals surface area contributed by atoms with Crippen LogP contribution in [0.25, 0.3) is 0 Å². The van der Waals surface area contributed by atoms with Gasteiger partial charge in [0.25, 0.3) is 11.8 Å². The Morgan fingerprint density at radius 2 is 1.90 bits per heavy atom. The molecule has 1 heterocycles. The fourth-order valence-corrected chi connectivity index (χ4v) is 2.89. The van der Waals surface area contributed by atoms with Gasteiger partial charge in [-0.05, 0) is 17.5 Å². The van der Waals surface area contributed by atoms with E-state index in [1.165, 1.54) is 7.11 Å². The first-order valence-corrected chi connectivity index (χ1v) is 9.23. The molecule has 156 valence electrons. The quantitative estimate of drug-likeness (QED) is 0.494. The van der Waals surface area contributed by atoms with Crippen LogP contribution in [0.3, 0.4) is 0 Å². The predicted molar refractivity (Wildman–Crippen MR) is 101 cm³/mol. The lowest BCUT2D eigenvalue weighted by Crippen LogP contribution is -2.48. The number of carbonyl (C=O) groups is 5. The van der Waals surface area contributed by atoms with Crippen molar-refractivity contribution in [2.24, 2.45) is 5.92 Å². The molecule has 1 aromatic rings. The van der Waals surface area contributed by atoms with Gasteiger partial charge < -0.3 is 14.8 Å². The molecule has 29 heavy (non-hydrogen) atoms. The number of imide groups is 1. The zero-order chi connectivity index (χ0) is 21.6. The van der Waals surface area contributed by atoms with Crippen molar-refractivity contribution in [1.29, 1.82) is 0 Å². The van der Waals surface area contributed by atoms with Crippen LogP contribution in [0.15, 0.2) is 24.3 Å². The van der Waals surface area contributed by atoms with E-state index in [0.717, 1.165) is 4.90 Å². The van der Waals surface area contributed by atoms with Gasteiger partial charge in [-0.25, -0.2) is 4.79 Å². The van der Waals surface area contributed by atoms with Gasteiger partial charge in [0.05, 0.1) is 13.5 Å². The maximum absolute atomic E-state index is 12.4. The lowest BCUT2D eigenvalue weighted by atomic mass is 9.98. The molecule has 0 saturated heterocycles. The van der Waals surface area contributed by atoms with Crippen LogP contribution in [0.2, 0.25) is 0 Å². The third kappa shape index (κ3) is 5.40. The number of ether oxygens (including phenoxy) is 2. The third-order valence-electron chi connectivity index (χ3n) is 4.77. The van der Waals surface area contributed by atoms with E-state index in [-0.39, 0.29) is 12.3 Å². The van der Waals surface area contributed by atoms with E-state index in [9.17, 15) is 24.0 Å². The Kier molecular flexibility index (Phi) is 7.46. The predicted octanol–water partition coefficient (Wildman–Crippen LogP) is 0.459. The van der Waals surface area contributed by atoms with Gasteiger partial charge >= 0.3 is 11.9 Å². The van der Waals surface area contributed by atoms with Gasteiger partial charge in [-0.15, -0.1) is 0 Å². The van der Waals surface area contributed by atoms with Crippen molar-refractivity contribution in [3.05, 3.63) is 35.4 Å². The van der Waals surface area contributed by atoms with Crippen LogP contribution >= 0.6 is 0 Å². The van der Waals surface area contributed by atoms with E-state index >= 15 is 0 Å². The first-order chi connectivity index (χ1) is 13.8. The molecule has 9 nitrogen and oxygen atoms in total. The summed E-state index contributed by atoms with van der Waals surface area (Å²) in [4.78, 5) is 61.3. The van der Waals surface area contributed by atoms with Crippen molar-refractivity contribution < 1.29 is 33.4 Å². The maximum atomic E-state index is 12.4. The van der Waals surface area contributed by atoms with Gasteiger partial charge in [-0.1, -0.05) is 38.5 Å². The Balaban J connectivity index is 1.91. The minimum atomic E-state index is -0.903. The second-order valence-corrected chi connectivity index (χ2v) is 6.73. The lowest BCUT2D eigenvalue weighted by Gasteiger charge is -2.26. The molecule has 9 heteroatoms. The summed E-state index contributed by atoms with van der Waals surface area (Å²) >= 11 is 0. The second kappa shape index (κ2) is 9.81. The zero-order valence-corrected chi connectivity index (χ0v) is 16.6. The van der Waals surface area contributed by atoms with E-state index in [1.54, 1.807) is 31.2 Å². The topological polar surface area (TPSA) is 119 Å². The van der Waals surface area contributed by atoms with Gasteiger partial charge in [-0.3, -0.25) is 24.1 Å². The second-order valence-electron chi connectivity index (χ2n) is 6.73. The summed E-state index contributed by atoms with van der Waals surface area (Å²) < 4.78 is 9.54. The average Bonchev–Trinajstić information content (AvgIpc) is 2.72. The molecular weight excluding hydrogens is 380 g/mol. The number of rotatable bonds is 8. The summed E-state index contributed by atoms with van der Waals surface area (Å²) in [5.41, 5.74) is 0.956. The first kappa shape index (κ1) is 22.1. The molecule has 0 saturated carbocycles. The molecule has 1 aromatic carbocycles. The monoisotopic (exact) mass is 404 g/mol. The van der Waals surface area contributed by atoms with Gasteiger partial charge in [0, 0.05) is 5.56 Å². The molecule has 3 amide bonds. The zero-order valence-electron chi connectivity index (χ0n) is 16.6. The Morgan fingerprint density at radius 1 is 1.21 bits per heavy atom. The van der Waals surface area contributed by atoms with Crippen LogP contribution in [0.4, 0.5) is 0 Å². The first-order valence-electron chi connectivity index (χ1n) is 9.23. The number of nitrogens with one attached hydrogen (secondary N) is 1. The fraction of sp³-hybridized carbons (Fsp3) is 0.450. The maximum Gasteiger partial charge on any atom is 0.328 e. The van der Waals surface area contributed by atoms with Crippen molar-refractivity contribution in [2.45, 2.75) is 32.7 Å². The third-order valence-corrected chi connectivity index (χ3v) is 4.77. The number of amides is 3. The Morgan fingerprint density at radius 3 is 2.55 bits per heavy atom. The van der Waals surface area contributed by atoms with Crippen molar-refractivity contribution in [1.82, 2.24) is 10.2 Å². The van der Waals surface area contributed by atoms with Crippen LogP contribution in [0.5, 0.6) is 0 Å².